The predicted molar refractivity (Wildman–Crippen MR) is 129 cm³/mol. The van der Waals surface area contributed by atoms with Crippen molar-refractivity contribution in [2.45, 2.75) is 13.8 Å². The predicted octanol–water partition coefficient (Wildman–Crippen LogP) is 5.48. The van der Waals surface area contributed by atoms with Gasteiger partial charge >= 0.3 is 10.4 Å². The highest BCUT2D eigenvalue weighted by Gasteiger charge is 2.21. The normalized spacial score (nSPS) is 12.1. The summed E-state index contributed by atoms with van der Waals surface area (Å²) < 4.78 is 49.3. The minimum absolute atomic E-state index is 0.104. The zero-order valence-electron chi connectivity index (χ0n) is 17.8. The minimum Gasteiger partial charge on any atom is -0.399 e. The maximum atomic E-state index is 12.2. The summed E-state index contributed by atoms with van der Waals surface area (Å²) in [4.78, 5) is 9.45. The molecule has 8 nitrogen and oxygen atoms in total. The molecule has 0 fully saturated rings. The van der Waals surface area contributed by atoms with E-state index in [2.05, 4.69) is 4.18 Å². The second-order valence-electron chi connectivity index (χ2n) is 7.63. The largest absolute Gasteiger partial charge is 0.448 e. The van der Waals surface area contributed by atoms with Gasteiger partial charge in [-0.05, 0) is 50.2 Å². The van der Waals surface area contributed by atoms with Crippen molar-refractivity contribution in [2.75, 3.05) is 7.11 Å². The first-order chi connectivity index (χ1) is 15.8. The molecule has 0 radical (unpaired) electrons. The van der Waals surface area contributed by atoms with Gasteiger partial charge in [-0.2, -0.15) is 8.42 Å². The van der Waals surface area contributed by atoms with Crippen LogP contribution in [-0.2, 0) is 14.6 Å². The highest BCUT2D eigenvalue weighted by Crippen LogP contribution is 2.41. The molecular weight excluding hydrogens is 464 g/mol. The van der Waals surface area contributed by atoms with E-state index in [0.29, 0.717) is 44.0 Å². The lowest BCUT2D eigenvalue weighted by Gasteiger charge is -2.14. The molecule has 33 heavy (non-hydrogen) atoms. The van der Waals surface area contributed by atoms with Gasteiger partial charge in [-0.25, -0.2) is 14.2 Å². The lowest BCUT2D eigenvalue weighted by molar-refractivity contribution is 0.332. The van der Waals surface area contributed by atoms with Crippen LogP contribution in [0, 0.1) is 13.8 Å². The van der Waals surface area contributed by atoms with Gasteiger partial charge in [0.2, 0.25) is 12.3 Å². The summed E-state index contributed by atoms with van der Waals surface area (Å²) in [6.45, 7) is 3.85. The van der Waals surface area contributed by atoms with Crippen molar-refractivity contribution in [3.63, 3.8) is 0 Å². The average molecular weight is 483 g/mol. The molecule has 0 atom stereocenters. The fourth-order valence-electron chi connectivity index (χ4n) is 3.89. The number of benzene rings is 3. The summed E-state index contributed by atoms with van der Waals surface area (Å²) in [5.74, 6) is 0.540. The standard InChI is InChI=1S/C23H18N2O6S2/c1-12-4-6-18-14(8-12)22(30-32-26)16-10-21-17(11-20(16)24-18)23(31-33(27,28)29-3)15-9-13(2)5-7-19(15)25-21/h4-11,26H,1-3H3. The Labute approximate surface area is 193 Å². The third-order valence-corrected chi connectivity index (χ3v) is 6.41. The van der Waals surface area contributed by atoms with Gasteiger partial charge in [0.25, 0.3) is 0 Å². The molecular formula is C23H18N2O6S2. The van der Waals surface area contributed by atoms with Gasteiger partial charge in [0.1, 0.15) is 0 Å². The van der Waals surface area contributed by atoms with Crippen molar-refractivity contribution in [3.8, 4) is 11.5 Å². The third-order valence-electron chi connectivity index (χ3n) is 5.39. The van der Waals surface area contributed by atoms with Crippen molar-refractivity contribution >= 4 is 66.3 Å². The zero-order valence-corrected chi connectivity index (χ0v) is 19.5. The van der Waals surface area contributed by atoms with E-state index in [1.807, 2.05) is 38.1 Å². The van der Waals surface area contributed by atoms with Crippen LogP contribution in [0.1, 0.15) is 11.1 Å². The molecule has 5 rings (SSSR count). The number of aromatic nitrogens is 2. The molecule has 0 aliphatic rings. The van der Waals surface area contributed by atoms with Gasteiger partial charge in [-0.3, -0.25) is 4.55 Å². The highest BCUT2D eigenvalue weighted by molar-refractivity contribution is 7.89. The molecule has 0 saturated heterocycles. The van der Waals surface area contributed by atoms with E-state index in [0.717, 1.165) is 23.6 Å². The van der Waals surface area contributed by atoms with Crippen LogP contribution >= 0.6 is 12.3 Å². The molecule has 0 spiro atoms. The summed E-state index contributed by atoms with van der Waals surface area (Å²) in [7, 11) is -3.25. The number of aryl methyl sites for hydroxylation is 2. The Bertz CT molecular complexity index is 1690. The molecule has 10 heteroatoms. The van der Waals surface area contributed by atoms with Gasteiger partial charge in [-0.1, -0.05) is 23.3 Å². The topological polar surface area (TPSA) is 108 Å². The van der Waals surface area contributed by atoms with Crippen LogP contribution in [0.15, 0.2) is 48.5 Å². The quantitative estimate of drug-likeness (QED) is 0.257. The number of rotatable bonds is 5. The van der Waals surface area contributed by atoms with Gasteiger partial charge in [-0.15, -0.1) is 0 Å². The van der Waals surface area contributed by atoms with Gasteiger partial charge in [0.05, 0.1) is 29.2 Å². The highest BCUT2D eigenvalue weighted by atomic mass is 32.3. The van der Waals surface area contributed by atoms with E-state index in [4.69, 9.17) is 18.3 Å². The first kappa shape index (κ1) is 21.7. The van der Waals surface area contributed by atoms with E-state index in [1.165, 1.54) is 0 Å². The number of hydrogen-bond donors (Lipinski definition) is 1. The second-order valence-corrected chi connectivity index (χ2v) is 9.26. The summed E-state index contributed by atoms with van der Waals surface area (Å²) >= 11 is 0.245. The second kappa shape index (κ2) is 7.99. The van der Waals surface area contributed by atoms with Crippen LogP contribution in [0.3, 0.4) is 0 Å². The SMILES string of the molecule is COS(=O)(=O)Oc1c2cc(C)ccc2nc2cc3c(OSO)c4cc(C)ccc4nc3cc12. The van der Waals surface area contributed by atoms with Crippen molar-refractivity contribution < 1.29 is 25.5 Å². The lowest BCUT2D eigenvalue weighted by atomic mass is 10.0. The first-order valence-corrected chi connectivity index (χ1v) is 11.9. The Hall–Kier alpha value is -3.18. The van der Waals surface area contributed by atoms with Crippen molar-refractivity contribution in [1.29, 1.82) is 0 Å². The van der Waals surface area contributed by atoms with E-state index in [9.17, 15) is 13.0 Å². The molecule has 168 valence electrons. The van der Waals surface area contributed by atoms with Crippen LogP contribution in [0.25, 0.3) is 43.6 Å². The van der Waals surface area contributed by atoms with E-state index in [-0.39, 0.29) is 18.1 Å². The number of hydrogen-bond acceptors (Lipinski definition) is 9. The van der Waals surface area contributed by atoms with E-state index < -0.39 is 10.4 Å². The summed E-state index contributed by atoms with van der Waals surface area (Å²) in [5.41, 5.74) is 4.14. The fourth-order valence-corrected chi connectivity index (χ4v) is 4.59. The fraction of sp³-hybridized carbons (Fsp3) is 0.130. The van der Waals surface area contributed by atoms with Gasteiger partial charge in [0.15, 0.2) is 11.5 Å². The molecule has 0 saturated carbocycles. The third kappa shape index (κ3) is 3.80. The minimum atomic E-state index is -4.29. The van der Waals surface area contributed by atoms with Crippen molar-refractivity contribution in [1.82, 2.24) is 9.97 Å². The van der Waals surface area contributed by atoms with Crippen molar-refractivity contribution in [2.24, 2.45) is 0 Å². The molecule has 0 bridgehead atoms. The Kier molecular flexibility index (Phi) is 5.25. The Morgan fingerprint density at radius 3 is 1.76 bits per heavy atom. The Morgan fingerprint density at radius 2 is 1.24 bits per heavy atom. The van der Waals surface area contributed by atoms with Gasteiger partial charge in [0, 0.05) is 21.5 Å². The summed E-state index contributed by atoms with van der Waals surface area (Å²) in [6.07, 6.45) is 0. The smallest absolute Gasteiger partial charge is 0.399 e. The Balaban J connectivity index is 1.94. The molecule has 5 aromatic rings. The molecule has 2 heterocycles. The lowest BCUT2D eigenvalue weighted by Crippen LogP contribution is -2.11. The van der Waals surface area contributed by atoms with Crippen LogP contribution in [-0.4, -0.2) is 30.0 Å². The van der Waals surface area contributed by atoms with E-state index >= 15 is 0 Å². The number of nitrogens with zero attached hydrogens (tertiary/aromatic N) is 2. The molecule has 2 aromatic heterocycles. The number of fused-ring (bicyclic) bond motifs is 4. The van der Waals surface area contributed by atoms with Crippen LogP contribution in [0.5, 0.6) is 11.5 Å². The molecule has 0 amide bonds. The summed E-state index contributed by atoms with van der Waals surface area (Å²) in [6, 6.07) is 14.6. The van der Waals surface area contributed by atoms with Crippen LogP contribution in [0.2, 0.25) is 0 Å². The number of pyridine rings is 2. The Morgan fingerprint density at radius 1 is 0.758 bits per heavy atom. The van der Waals surface area contributed by atoms with Gasteiger partial charge < -0.3 is 8.37 Å². The molecule has 0 aliphatic heterocycles. The molecule has 3 aromatic carbocycles. The first-order valence-electron chi connectivity index (χ1n) is 9.86. The van der Waals surface area contributed by atoms with Crippen LogP contribution in [0.4, 0.5) is 0 Å². The maximum absolute atomic E-state index is 12.2. The molecule has 1 N–H and O–H groups in total. The van der Waals surface area contributed by atoms with Crippen molar-refractivity contribution in [3.05, 3.63) is 59.7 Å². The average Bonchev–Trinajstić information content (AvgIpc) is 2.79. The molecule has 0 aliphatic carbocycles. The van der Waals surface area contributed by atoms with E-state index in [1.54, 1.807) is 24.3 Å². The zero-order chi connectivity index (χ0) is 23.3. The summed E-state index contributed by atoms with van der Waals surface area (Å²) in [5, 5.41) is 2.32. The molecule has 0 unspecified atom stereocenters. The maximum Gasteiger partial charge on any atom is 0.448 e. The monoisotopic (exact) mass is 482 g/mol. The van der Waals surface area contributed by atoms with Crippen LogP contribution < -0.4 is 8.37 Å².